The van der Waals surface area contributed by atoms with E-state index in [1.165, 1.54) is 0 Å². The number of carboxylic acids is 1. The van der Waals surface area contributed by atoms with Crippen LogP contribution < -0.4 is 0 Å². The van der Waals surface area contributed by atoms with E-state index in [4.69, 9.17) is 9.63 Å². The summed E-state index contributed by atoms with van der Waals surface area (Å²) in [7, 11) is 0. The number of hydrogen-bond acceptors (Lipinski definition) is 5. The molecule has 0 aliphatic carbocycles. The zero-order valence-electron chi connectivity index (χ0n) is 7.18. The normalized spacial score (nSPS) is 10.4. The molecule has 0 saturated heterocycles. The first-order chi connectivity index (χ1) is 6.66. The molecule has 7 nitrogen and oxygen atoms in total. The van der Waals surface area contributed by atoms with E-state index in [0.29, 0.717) is 5.69 Å². The number of carbonyl (C=O) groups is 1. The van der Waals surface area contributed by atoms with Gasteiger partial charge < -0.3 is 9.63 Å². The monoisotopic (exact) mass is 194 g/mol. The minimum Gasteiger partial charge on any atom is -0.475 e. The van der Waals surface area contributed by atoms with Gasteiger partial charge in [0.15, 0.2) is 5.69 Å². The van der Waals surface area contributed by atoms with Gasteiger partial charge in [0.05, 0.1) is 0 Å². The summed E-state index contributed by atoms with van der Waals surface area (Å²) in [5, 5.41) is 18.3. The molecule has 0 aliphatic rings. The molecule has 2 heterocycles. The van der Waals surface area contributed by atoms with E-state index in [9.17, 15) is 4.79 Å². The Kier molecular flexibility index (Phi) is 1.77. The third-order valence-electron chi connectivity index (χ3n) is 1.54. The van der Waals surface area contributed by atoms with Crippen LogP contribution in [0.5, 0.6) is 0 Å². The number of nitrogens with zero attached hydrogens (tertiary/aromatic N) is 3. The van der Waals surface area contributed by atoms with Crippen molar-refractivity contribution in [3.63, 3.8) is 0 Å². The maximum absolute atomic E-state index is 10.4. The third-order valence-corrected chi connectivity index (χ3v) is 1.54. The van der Waals surface area contributed by atoms with E-state index in [1.807, 2.05) is 6.92 Å². The van der Waals surface area contributed by atoms with Gasteiger partial charge in [-0.25, -0.2) is 4.79 Å². The number of aromatic carboxylic acids is 1. The van der Waals surface area contributed by atoms with Crippen LogP contribution in [0.2, 0.25) is 0 Å². The summed E-state index contributed by atoms with van der Waals surface area (Å²) < 4.78 is 4.70. The molecule has 14 heavy (non-hydrogen) atoms. The maximum Gasteiger partial charge on any atom is 0.377 e. The Balaban J connectivity index is 2.38. The van der Waals surface area contributed by atoms with E-state index in [-0.39, 0.29) is 11.7 Å². The van der Waals surface area contributed by atoms with Gasteiger partial charge in [-0.1, -0.05) is 0 Å². The largest absolute Gasteiger partial charge is 0.475 e. The molecular weight excluding hydrogens is 188 g/mol. The molecule has 0 amide bonds. The van der Waals surface area contributed by atoms with Crippen molar-refractivity contribution in [2.24, 2.45) is 0 Å². The standard InChI is InChI=1S/C7H6N4O3/c1-3-2-4(10-9-3)6-8-5(7(12)13)11-14-6/h2H,1H3,(H,9,10)(H,12,13). The zero-order valence-corrected chi connectivity index (χ0v) is 7.18. The molecule has 2 N–H and O–H groups in total. The highest BCUT2D eigenvalue weighted by Gasteiger charge is 2.15. The Morgan fingerprint density at radius 1 is 1.64 bits per heavy atom. The summed E-state index contributed by atoms with van der Waals surface area (Å²) in [6, 6.07) is 1.68. The van der Waals surface area contributed by atoms with E-state index >= 15 is 0 Å². The summed E-state index contributed by atoms with van der Waals surface area (Å²) in [4.78, 5) is 14.1. The quantitative estimate of drug-likeness (QED) is 0.719. The molecule has 2 aromatic rings. The summed E-state index contributed by atoms with van der Waals surface area (Å²) in [5.41, 5.74) is 1.26. The topological polar surface area (TPSA) is 105 Å². The van der Waals surface area contributed by atoms with Crippen LogP contribution in [0, 0.1) is 6.92 Å². The molecule has 2 rings (SSSR count). The van der Waals surface area contributed by atoms with Crippen molar-refractivity contribution in [1.29, 1.82) is 0 Å². The second kappa shape index (κ2) is 2.95. The predicted molar refractivity (Wildman–Crippen MR) is 43.6 cm³/mol. The van der Waals surface area contributed by atoms with E-state index in [0.717, 1.165) is 5.69 Å². The Labute approximate surface area is 77.8 Å². The fourth-order valence-corrected chi connectivity index (χ4v) is 0.942. The highest BCUT2D eigenvalue weighted by Crippen LogP contribution is 2.14. The number of hydrogen-bond donors (Lipinski definition) is 2. The maximum atomic E-state index is 10.4. The van der Waals surface area contributed by atoms with Gasteiger partial charge in [-0.2, -0.15) is 10.1 Å². The average Bonchev–Trinajstić information content (AvgIpc) is 2.70. The molecule has 7 heteroatoms. The van der Waals surface area contributed by atoms with Gasteiger partial charge in [-0.15, -0.1) is 0 Å². The van der Waals surface area contributed by atoms with Crippen LogP contribution in [0.25, 0.3) is 11.6 Å². The number of rotatable bonds is 2. The van der Waals surface area contributed by atoms with Crippen molar-refractivity contribution >= 4 is 5.97 Å². The smallest absolute Gasteiger partial charge is 0.377 e. The highest BCUT2D eigenvalue weighted by atomic mass is 16.5. The molecule has 72 valence electrons. The van der Waals surface area contributed by atoms with Gasteiger partial charge in [0.25, 0.3) is 11.7 Å². The first-order valence-corrected chi connectivity index (χ1v) is 3.76. The Bertz CT molecular complexity index is 473. The number of H-pyrrole nitrogens is 1. The average molecular weight is 194 g/mol. The molecule has 2 aromatic heterocycles. The number of nitrogens with one attached hydrogen (secondary N) is 1. The van der Waals surface area contributed by atoms with Crippen LogP contribution in [-0.4, -0.2) is 31.4 Å². The van der Waals surface area contributed by atoms with Crippen molar-refractivity contribution in [2.45, 2.75) is 6.92 Å². The second-order valence-corrected chi connectivity index (χ2v) is 2.66. The van der Waals surface area contributed by atoms with Gasteiger partial charge >= 0.3 is 5.97 Å². The molecule has 0 atom stereocenters. The Morgan fingerprint density at radius 3 is 2.93 bits per heavy atom. The van der Waals surface area contributed by atoms with E-state index < -0.39 is 5.97 Å². The molecule has 0 saturated carbocycles. The lowest BCUT2D eigenvalue weighted by Crippen LogP contribution is -1.98. The Morgan fingerprint density at radius 2 is 2.43 bits per heavy atom. The SMILES string of the molecule is Cc1cc(-c2nc(C(=O)O)no2)n[nH]1. The predicted octanol–water partition coefficient (Wildman–Crippen LogP) is 0.466. The van der Waals surface area contributed by atoms with Gasteiger partial charge in [-0.3, -0.25) is 5.10 Å². The highest BCUT2D eigenvalue weighted by molar-refractivity contribution is 5.83. The lowest BCUT2D eigenvalue weighted by atomic mass is 10.4. The number of aromatic amines is 1. The molecule has 0 radical (unpaired) electrons. The van der Waals surface area contributed by atoms with Gasteiger partial charge in [0.2, 0.25) is 0 Å². The molecule has 0 spiro atoms. The third kappa shape index (κ3) is 1.35. The minimum absolute atomic E-state index is 0.0896. The molecule has 0 aromatic carbocycles. The lowest BCUT2D eigenvalue weighted by molar-refractivity contribution is 0.0680. The van der Waals surface area contributed by atoms with Crippen molar-refractivity contribution in [1.82, 2.24) is 20.3 Å². The first-order valence-electron chi connectivity index (χ1n) is 3.76. The Hall–Kier alpha value is -2.18. The van der Waals surface area contributed by atoms with Crippen LogP contribution in [0.3, 0.4) is 0 Å². The molecule has 0 fully saturated rings. The van der Waals surface area contributed by atoms with Crippen molar-refractivity contribution < 1.29 is 14.4 Å². The molecule has 0 aliphatic heterocycles. The summed E-state index contributed by atoms with van der Waals surface area (Å²) in [6.07, 6.45) is 0. The second-order valence-electron chi connectivity index (χ2n) is 2.66. The molecular formula is C7H6N4O3. The van der Waals surface area contributed by atoms with Crippen LogP contribution in [0.4, 0.5) is 0 Å². The van der Waals surface area contributed by atoms with E-state index in [2.05, 4.69) is 20.3 Å². The summed E-state index contributed by atoms with van der Waals surface area (Å²) in [5.74, 6) is -1.51. The van der Waals surface area contributed by atoms with Crippen molar-refractivity contribution in [2.75, 3.05) is 0 Å². The van der Waals surface area contributed by atoms with Gasteiger partial charge in [-0.05, 0) is 18.1 Å². The number of aryl methyl sites for hydroxylation is 1. The van der Waals surface area contributed by atoms with Crippen molar-refractivity contribution in [3.05, 3.63) is 17.6 Å². The summed E-state index contributed by atoms with van der Waals surface area (Å²) in [6.45, 7) is 1.81. The molecule has 0 unspecified atom stereocenters. The van der Waals surface area contributed by atoms with Gasteiger partial charge in [0.1, 0.15) is 0 Å². The zero-order chi connectivity index (χ0) is 10.1. The minimum atomic E-state index is -1.23. The fourth-order valence-electron chi connectivity index (χ4n) is 0.942. The first kappa shape index (κ1) is 8.42. The van der Waals surface area contributed by atoms with Crippen LogP contribution in [0.15, 0.2) is 10.6 Å². The summed E-state index contributed by atoms with van der Waals surface area (Å²) >= 11 is 0. The van der Waals surface area contributed by atoms with Crippen LogP contribution >= 0.6 is 0 Å². The fraction of sp³-hybridized carbons (Fsp3) is 0.143. The molecule has 0 bridgehead atoms. The van der Waals surface area contributed by atoms with E-state index in [1.54, 1.807) is 6.07 Å². The lowest BCUT2D eigenvalue weighted by Gasteiger charge is -1.80. The van der Waals surface area contributed by atoms with Crippen molar-refractivity contribution in [3.8, 4) is 11.6 Å². The van der Waals surface area contributed by atoms with Gasteiger partial charge in [0, 0.05) is 5.69 Å². The van der Waals surface area contributed by atoms with Crippen LogP contribution in [0.1, 0.15) is 16.3 Å². The van der Waals surface area contributed by atoms with Crippen LogP contribution in [-0.2, 0) is 0 Å². The number of aromatic nitrogens is 4. The number of carboxylic acid groups (broad SMARTS) is 1.